The van der Waals surface area contributed by atoms with Gasteiger partial charge in [-0.15, -0.1) is 5.10 Å². The Hall–Kier alpha value is -4.77. The number of furan rings is 1. The Morgan fingerprint density at radius 3 is 2.77 bits per heavy atom. The lowest BCUT2D eigenvalue weighted by atomic mass is 10.3. The molecule has 0 aliphatic heterocycles. The van der Waals surface area contributed by atoms with Crippen LogP contribution in [-0.4, -0.2) is 34.3 Å². The highest BCUT2D eigenvalue weighted by Gasteiger charge is 2.17. The second kappa shape index (κ2) is 8.22. The zero-order chi connectivity index (χ0) is 23.9. The smallest absolute Gasteiger partial charge is 0.273 e. The molecular formula is C23H14ClN7O4. The third kappa shape index (κ3) is 3.73. The van der Waals surface area contributed by atoms with Crippen molar-refractivity contribution >= 4 is 34.0 Å². The lowest BCUT2D eigenvalue weighted by molar-refractivity contribution is -0.384. The quantitative estimate of drug-likeness (QED) is 0.240. The fraction of sp³-hybridized carbons (Fsp3) is 0.0435. The number of non-ortho nitro benzene ring substituents is 1. The SMILES string of the molecule is O=[N+]([O-])c1ccc(Cl)c(OCc2ccc(-c3nc4c5cnn(-c6ccccc6)c5ncn4n3)o2)c1. The first kappa shape index (κ1) is 20.8. The molecular weight excluding hydrogens is 474 g/mol. The van der Waals surface area contributed by atoms with Crippen LogP contribution in [0.25, 0.3) is 34.0 Å². The number of para-hydroxylation sites is 1. The average Bonchev–Trinajstić information content (AvgIpc) is 3.61. The van der Waals surface area contributed by atoms with Gasteiger partial charge in [0, 0.05) is 6.07 Å². The van der Waals surface area contributed by atoms with E-state index in [4.69, 9.17) is 20.8 Å². The molecule has 0 radical (unpaired) electrons. The van der Waals surface area contributed by atoms with Gasteiger partial charge < -0.3 is 9.15 Å². The fourth-order valence-corrected chi connectivity index (χ4v) is 3.80. The molecule has 11 nitrogen and oxygen atoms in total. The minimum Gasteiger partial charge on any atom is -0.484 e. The number of nitrogens with zero attached hydrogens (tertiary/aromatic N) is 7. The predicted octanol–water partition coefficient (Wildman–Crippen LogP) is 4.86. The van der Waals surface area contributed by atoms with Crippen molar-refractivity contribution in [1.82, 2.24) is 29.4 Å². The van der Waals surface area contributed by atoms with Crippen LogP contribution in [0.4, 0.5) is 5.69 Å². The van der Waals surface area contributed by atoms with Crippen LogP contribution in [0, 0.1) is 10.1 Å². The zero-order valence-corrected chi connectivity index (χ0v) is 18.5. The van der Waals surface area contributed by atoms with Crippen molar-refractivity contribution in [2.24, 2.45) is 0 Å². The van der Waals surface area contributed by atoms with Crippen molar-refractivity contribution in [2.75, 3.05) is 0 Å². The summed E-state index contributed by atoms with van der Waals surface area (Å²) in [4.78, 5) is 19.6. The summed E-state index contributed by atoms with van der Waals surface area (Å²) < 4.78 is 14.8. The molecule has 0 saturated carbocycles. The summed E-state index contributed by atoms with van der Waals surface area (Å²) in [5, 5.41) is 20.9. The predicted molar refractivity (Wildman–Crippen MR) is 126 cm³/mol. The molecule has 172 valence electrons. The van der Waals surface area contributed by atoms with Crippen molar-refractivity contribution in [3.63, 3.8) is 0 Å². The molecule has 0 unspecified atom stereocenters. The van der Waals surface area contributed by atoms with E-state index in [1.807, 2.05) is 30.3 Å². The Morgan fingerprint density at radius 2 is 1.94 bits per heavy atom. The van der Waals surface area contributed by atoms with Crippen LogP contribution >= 0.6 is 11.6 Å². The Bertz CT molecular complexity index is 1710. The van der Waals surface area contributed by atoms with Gasteiger partial charge in [-0.3, -0.25) is 10.1 Å². The maximum absolute atomic E-state index is 11.0. The number of fused-ring (bicyclic) bond motifs is 3. The summed E-state index contributed by atoms with van der Waals surface area (Å²) in [6.45, 7) is 0.0178. The molecule has 2 aromatic carbocycles. The van der Waals surface area contributed by atoms with Gasteiger partial charge in [-0.1, -0.05) is 29.8 Å². The molecule has 6 rings (SSSR count). The molecule has 0 atom stereocenters. The monoisotopic (exact) mass is 487 g/mol. The number of benzene rings is 2. The molecule has 0 aliphatic carbocycles. The van der Waals surface area contributed by atoms with Gasteiger partial charge in [-0.25, -0.2) is 19.2 Å². The number of hydrogen-bond donors (Lipinski definition) is 0. The third-order valence-corrected chi connectivity index (χ3v) is 5.60. The molecule has 4 heterocycles. The van der Waals surface area contributed by atoms with Crippen molar-refractivity contribution in [1.29, 1.82) is 0 Å². The number of nitro benzene ring substituents is 1. The highest BCUT2D eigenvalue weighted by molar-refractivity contribution is 6.32. The summed E-state index contributed by atoms with van der Waals surface area (Å²) in [6, 6.07) is 17.1. The van der Waals surface area contributed by atoms with E-state index >= 15 is 0 Å². The van der Waals surface area contributed by atoms with Crippen LogP contribution in [0.3, 0.4) is 0 Å². The van der Waals surface area contributed by atoms with Crippen LogP contribution in [0.2, 0.25) is 5.02 Å². The molecule has 35 heavy (non-hydrogen) atoms. The first-order valence-electron chi connectivity index (χ1n) is 10.4. The van der Waals surface area contributed by atoms with Crippen molar-refractivity contribution in [3.8, 4) is 23.0 Å². The van der Waals surface area contributed by atoms with Gasteiger partial charge in [-0.05, 0) is 30.3 Å². The second-order valence-corrected chi connectivity index (χ2v) is 7.91. The van der Waals surface area contributed by atoms with Crippen molar-refractivity contribution in [3.05, 3.63) is 94.1 Å². The van der Waals surface area contributed by atoms with Gasteiger partial charge >= 0.3 is 0 Å². The van der Waals surface area contributed by atoms with Crippen LogP contribution in [-0.2, 0) is 6.61 Å². The number of ether oxygens (including phenoxy) is 1. The lowest BCUT2D eigenvalue weighted by Gasteiger charge is -2.06. The largest absolute Gasteiger partial charge is 0.484 e. The minimum atomic E-state index is -0.515. The van der Waals surface area contributed by atoms with Gasteiger partial charge in [0.05, 0.1) is 33.3 Å². The molecule has 0 N–H and O–H groups in total. The lowest BCUT2D eigenvalue weighted by Crippen LogP contribution is -1.98. The van der Waals surface area contributed by atoms with E-state index in [0.29, 0.717) is 28.6 Å². The second-order valence-electron chi connectivity index (χ2n) is 7.50. The summed E-state index contributed by atoms with van der Waals surface area (Å²) in [5.74, 6) is 1.46. The number of hydrogen-bond acceptors (Lipinski definition) is 8. The molecule has 0 bridgehead atoms. The number of nitro groups is 1. The van der Waals surface area contributed by atoms with E-state index in [0.717, 1.165) is 11.1 Å². The van der Waals surface area contributed by atoms with E-state index in [2.05, 4.69) is 20.2 Å². The summed E-state index contributed by atoms with van der Waals surface area (Å²) in [7, 11) is 0. The Balaban J connectivity index is 1.28. The van der Waals surface area contributed by atoms with Gasteiger partial charge in [0.1, 0.15) is 24.4 Å². The van der Waals surface area contributed by atoms with Gasteiger partial charge in [0.2, 0.25) is 5.82 Å². The molecule has 0 spiro atoms. The fourth-order valence-electron chi connectivity index (χ4n) is 3.62. The van der Waals surface area contributed by atoms with E-state index < -0.39 is 4.92 Å². The maximum Gasteiger partial charge on any atom is 0.273 e. The number of rotatable bonds is 6. The number of aromatic nitrogens is 6. The third-order valence-electron chi connectivity index (χ3n) is 5.28. The molecule has 12 heteroatoms. The Morgan fingerprint density at radius 1 is 1.09 bits per heavy atom. The summed E-state index contributed by atoms with van der Waals surface area (Å²) in [6.07, 6.45) is 3.28. The van der Waals surface area contributed by atoms with Crippen LogP contribution in [0.5, 0.6) is 5.75 Å². The highest BCUT2D eigenvalue weighted by Crippen LogP contribution is 2.30. The standard InChI is InChI=1S/C23H14ClN7O4/c24-18-8-6-15(31(32)33)10-20(18)34-12-16-7-9-19(35-16)21-27-23-17-11-26-30(14-4-2-1-3-5-14)22(17)25-13-29(23)28-21/h1-11,13H,12H2. The molecule has 0 aliphatic rings. The Labute approximate surface area is 201 Å². The normalized spacial score (nSPS) is 11.3. The summed E-state index contributed by atoms with van der Waals surface area (Å²) in [5.41, 5.74) is 2.02. The Kier molecular flexibility index (Phi) is 4.89. The van der Waals surface area contributed by atoms with E-state index in [1.54, 1.807) is 33.9 Å². The number of halogens is 1. The van der Waals surface area contributed by atoms with Crippen LogP contribution < -0.4 is 4.74 Å². The minimum absolute atomic E-state index is 0.0178. The van der Waals surface area contributed by atoms with Gasteiger partial charge in [0.25, 0.3) is 5.69 Å². The maximum atomic E-state index is 11.0. The topological polar surface area (TPSA) is 126 Å². The van der Waals surface area contributed by atoms with E-state index in [-0.39, 0.29) is 23.1 Å². The van der Waals surface area contributed by atoms with Gasteiger partial charge in [0.15, 0.2) is 17.1 Å². The first-order valence-corrected chi connectivity index (χ1v) is 10.7. The average molecular weight is 488 g/mol. The summed E-state index contributed by atoms with van der Waals surface area (Å²) >= 11 is 6.09. The van der Waals surface area contributed by atoms with E-state index in [1.165, 1.54) is 18.2 Å². The first-order chi connectivity index (χ1) is 17.1. The van der Waals surface area contributed by atoms with Crippen LogP contribution in [0.1, 0.15) is 5.76 Å². The van der Waals surface area contributed by atoms with Crippen molar-refractivity contribution < 1.29 is 14.1 Å². The molecule has 4 aromatic heterocycles. The molecule has 0 saturated heterocycles. The van der Waals surface area contributed by atoms with E-state index in [9.17, 15) is 10.1 Å². The van der Waals surface area contributed by atoms with Gasteiger partial charge in [-0.2, -0.15) is 5.10 Å². The zero-order valence-electron chi connectivity index (χ0n) is 17.8. The molecule has 0 fully saturated rings. The van der Waals surface area contributed by atoms with Crippen LogP contribution in [0.15, 0.2) is 77.6 Å². The molecule has 0 amide bonds. The molecule has 6 aromatic rings. The van der Waals surface area contributed by atoms with Crippen molar-refractivity contribution in [2.45, 2.75) is 6.61 Å². The highest BCUT2D eigenvalue weighted by atomic mass is 35.5.